The van der Waals surface area contributed by atoms with Gasteiger partial charge < -0.3 is 0 Å². The highest BCUT2D eigenvalue weighted by atomic mass is 35.6. The van der Waals surface area contributed by atoms with Crippen LogP contribution < -0.4 is 0 Å². The lowest BCUT2D eigenvalue weighted by Crippen LogP contribution is -2.12. The minimum absolute atomic E-state index is 0.104. The molecule has 0 saturated heterocycles. The summed E-state index contributed by atoms with van der Waals surface area (Å²) in [5.74, 6) is 0. The topological polar surface area (TPSA) is 0 Å². The lowest BCUT2D eigenvalue weighted by atomic mass is 10.1. The fourth-order valence-electron chi connectivity index (χ4n) is 1.79. The van der Waals surface area contributed by atoms with E-state index in [9.17, 15) is 0 Å². The highest BCUT2D eigenvalue weighted by molar-refractivity contribution is 6.68. The van der Waals surface area contributed by atoms with Crippen molar-refractivity contribution >= 4 is 92.8 Å². The molecule has 0 aliphatic heterocycles. The van der Waals surface area contributed by atoms with Gasteiger partial charge in [0.15, 0.2) is 7.59 Å². The van der Waals surface area contributed by atoms with E-state index in [2.05, 4.69) is 0 Å². The summed E-state index contributed by atoms with van der Waals surface area (Å²) in [7, 11) is 0. The zero-order chi connectivity index (χ0) is 15.8. The van der Waals surface area contributed by atoms with Crippen LogP contribution >= 0.6 is 92.8 Å². The summed E-state index contributed by atoms with van der Waals surface area (Å²) in [5.41, 5.74) is 0. The van der Waals surface area contributed by atoms with Gasteiger partial charge in [0, 0.05) is 23.6 Å². The number of unbranched alkanes of at least 4 members (excludes halogenated alkanes) is 3. The van der Waals surface area contributed by atoms with Crippen LogP contribution in [0.4, 0.5) is 0 Å². The molecule has 0 aromatic carbocycles. The average Bonchev–Trinajstić information content (AvgIpc) is 2.17. The SMILES string of the molecule is Cl[C@H](CCCCCC[C@H](Cl)CC(Cl)(Cl)Cl)CC(Cl)(Cl)Cl. The second-order valence-electron chi connectivity index (χ2n) is 4.82. The molecule has 0 aliphatic carbocycles. The Hall–Kier alpha value is 2.32. The Kier molecular flexibility index (Phi) is 12.2. The molecule has 0 spiro atoms. The van der Waals surface area contributed by atoms with Crippen molar-refractivity contribution in [2.24, 2.45) is 0 Å². The molecule has 122 valence electrons. The molecule has 0 radical (unpaired) electrons. The van der Waals surface area contributed by atoms with Crippen molar-refractivity contribution in [1.82, 2.24) is 0 Å². The van der Waals surface area contributed by atoms with Crippen molar-refractivity contribution < 1.29 is 0 Å². The van der Waals surface area contributed by atoms with Gasteiger partial charge in [0.2, 0.25) is 0 Å². The first kappa shape index (κ1) is 22.3. The summed E-state index contributed by atoms with van der Waals surface area (Å²) in [5, 5.41) is -0.208. The molecule has 0 aromatic rings. The molecule has 0 amide bonds. The monoisotopic (exact) mass is 442 g/mol. The Balaban J connectivity index is 3.49. The minimum atomic E-state index is -1.27. The molecular formula is C12H18Cl8. The molecule has 0 rings (SSSR count). The smallest absolute Gasteiger partial charge is 0.123 e. The lowest BCUT2D eigenvalue weighted by molar-refractivity contribution is 0.560. The van der Waals surface area contributed by atoms with Crippen LogP contribution in [0.2, 0.25) is 0 Å². The highest BCUT2D eigenvalue weighted by Gasteiger charge is 2.24. The van der Waals surface area contributed by atoms with Gasteiger partial charge in [-0.05, 0) is 12.8 Å². The highest BCUT2D eigenvalue weighted by Crippen LogP contribution is 2.35. The Bertz CT molecular complexity index is 219. The largest absolute Gasteiger partial charge is 0.192 e. The van der Waals surface area contributed by atoms with E-state index in [1.807, 2.05) is 0 Å². The van der Waals surface area contributed by atoms with Crippen LogP contribution in [0.1, 0.15) is 51.4 Å². The van der Waals surface area contributed by atoms with Crippen molar-refractivity contribution in [3.8, 4) is 0 Å². The van der Waals surface area contributed by atoms with Gasteiger partial charge >= 0.3 is 0 Å². The van der Waals surface area contributed by atoms with Gasteiger partial charge in [-0.25, -0.2) is 0 Å². The third kappa shape index (κ3) is 16.7. The standard InChI is InChI=1S/C12H18Cl8/c13-9(7-11(15,16)17)5-3-1-2-4-6-10(14)8-12(18,19)20/h9-10H,1-8H2/t9-,10+. The molecule has 2 atom stereocenters. The van der Waals surface area contributed by atoms with E-state index in [0.717, 1.165) is 38.5 Å². The second-order valence-corrected chi connectivity index (χ2v) is 11.1. The van der Waals surface area contributed by atoms with Gasteiger partial charge in [-0.1, -0.05) is 95.3 Å². The zero-order valence-electron chi connectivity index (χ0n) is 10.8. The van der Waals surface area contributed by atoms with Crippen LogP contribution in [0.15, 0.2) is 0 Å². The van der Waals surface area contributed by atoms with Crippen LogP contribution in [0, 0.1) is 0 Å². The third-order valence-corrected chi connectivity index (χ3v) is 4.36. The van der Waals surface area contributed by atoms with Crippen LogP contribution in [-0.4, -0.2) is 18.3 Å². The molecule has 0 nitrogen and oxygen atoms in total. The van der Waals surface area contributed by atoms with Gasteiger partial charge in [-0.2, -0.15) is 0 Å². The van der Waals surface area contributed by atoms with Crippen molar-refractivity contribution in [1.29, 1.82) is 0 Å². The number of hydrogen-bond donors (Lipinski definition) is 0. The maximum atomic E-state index is 6.08. The zero-order valence-corrected chi connectivity index (χ0v) is 16.9. The summed E-state index contributed by atoms with van der Waals surface area (Å²) in [6.07, 6.45) is 6.57. The van der Waals surface area contributed by atoms with Crippen LogP contribution in [0.3, 0.4) is 0 Å². The van der Waals surface area contributed by atoms with E-state index in [4.69, 9.17) is 92.8 Å². The quantitative estimate of drug-likeness (QED) is 0.248. The van der Waals surface area contributed by atoms with Crippen molar-refractivity contribution in [3.63, 3.8) is 0 Å². The molecule has 0 unspecified atom stereocenters. The third-order valence-electron chi connectivity index (χ3n) is 2.69. The molecule has 0 bridgehead atoms. The van der Waals surface area contributed by atoms with Gasteiger partial charge in [-0.3, -0.25) is 0 Å². The summed E-state index contributed by atoms with van der Waals surface area (Å²) in [4.78, 5) is 0. The summed E-state index contributed by atoms with van der Waals surface area (Å²) in [6.45, 7) is 0. The van der Waals surface area contributed by atoms with E-state index < -0.39 is 7.59 Å². The van der Waals surface area contributed by atoms with E-state index in [1.54, 1.807) is 0 Å². The van der Waals surface area contributed by atoms with Gasteiger partial charge in [-0.15, -0.1) is 23.2 Å². The number of alkyl halides is 8. The Morgan fingerprint density at radius 2 is 0.850 bits per heavy atom. The first-order valence-corrected chi connectivity index (χ1v) is 9.55. The molecule has 0 saturated carbocycles. The first-order valence-electron chi connectivity index (χ1n) is 6.41. The van der Waals surface area contributed by atoms with Crippen molar-refractivity contribution in [3.05, 3.63) is 0 Å². The van der Waals surface area contributed by atoms with Crippen LogP contribution in [0.5, 0.6) is 0 Å². The van der Waals surface area contributed by atoms with E-state index >= 15 is 0 Å². The fraction of sp³-hybridized carbons (Fsp3) is 1.00. The van der Waals surface area contributed by atoms with Gasteiger partial charge in [0.25, 0.3) is 0 Å². The van der Waals surface area contributed by atoms with Gasteiger partial charge in [0.05, 0.1) is 0 Å². The Labute approximate surface area is 161 Å². The molecule has 0 heterocycles. The lowest BCUT2D eigenvalue weighted by Gasteiger charge is -2.16. The van der Waals surface area contributed by atoms with Crippen LogP contribution in [-0.2, 0) is 0 Å². The second kappa shape index (κ2) is 11.0. The Morgan fingerprint density at radius 1 is 0.550 bits per heavy atom. The molecule has 0 aliphatic rings. The average molecular weight is 446 g/mol. The van der Waals surface area contributed by atoms with E-state index in [-0.39, 0.29) is 10.8 Å². The summed E-state index contributed by atoms with van der Waals surface area (Å²) < 4.78 is -2.54. The predicted molar refractivity (Wildman–Crippen MR) is 96.8 cm³/mol. The van der Waals surface area contributed by atoms with E-state index in [0.29, 0.717) is 12.8 Å². The molecule has 0 N–H and O–H groups in total. The maximum absolute atomic E-state index is 6.08. The molecule has 0 aromatic heterocycles. The maximum Gasteiger partial charge on any atom is 0.192 e. The fourth-order valence-corrected chi connectivity index (χ4v) is 4.15. The molecule has 8 heteroatoms. The normalized spacial score (nSPS) is 16.2. The first-order chi connectivity index (χ1) is 8.99. The van der Waals surface area contributed by atoms with E-state index in [1.165, 1.54) is 0 Å². The predicted octanol–water partition coefficient (Wildman–Crippen LogP) is 8.06. The van der Waals surface area contributed by atoms with Crippen LogP contribution in [0.25, 0.3) is 0 Å². The Morgan fingerprint density at radius 3 is 1.10 bits per heavy atom. The number of rotatable bonds is 9. The summed E-state index contributed by atoms with van der Waals surface area (Å²) in [6, 6.07) is 0. The van der Waals surface area contributed by atoms with Crippen molar-refractivity contribution in [2.45, 2.75) is 69.7 Å². The summed E-state index contributed by atoms with van der Waals surface area (Å²) >= 11 is 46.2. The molecule has 0 fully saturated rings. The van der Waals surface area contributed by atoms with Gasteiger partial charge in [0.1, 0.15) is 0 Å². The molecule has 20 heavy (non-hydrogen) atoms. The van der Waals surface area contributed by atoms with Crippen molar-refractivity contribution in [2.75, 3.05) is 0 Å². The minimum Gasteiger partial charge on any atom is -0.123 e. The number of hydrogen-bond acceptors (Lipinski definition) is 0. The molecular weight excluding hydrogens is 428 g/mol. The number of halogens is 8.